The first-order chi connectivity index (χ1) is 11.6. The van der Waals surface area contributed by atoms with Gasteiger partial charge in [0, 0.05) is 33.9 Å². The maximum absolute atomic E-state index is 11.2. The van der Waals surface area contributed by atoms with E-state index in [-0.39, 0.29) is 5.69 Å². The van der Waals surface area contributed by atoms with Gasteiger partial charge in [0.15, 0.2) is 0 Å². The fraction of sp³-hybridized carbons (Fsp3) is 0. The van der Waals surface area contributed by atoms with E-state index in [0.717, 1.165) is 16.5 Å². The first-order valence-corrected chi connectivity index (χ1v) is 7.52. The fourth-order valence-corrected chi connectivity index (χ4v) is 2.82. The number of fused-ring (bicyclic) bond motifs is 3. The van der Waals surface area contributed by atoms with Crippen molar-refractivity contribution in [2.75, 3.05) is 5.32 Å². The molecule has 0 unspecified atom stereocenters. The second-order valence-electron chi connectivity index (χ2n) is 5.27. The van der Waals surface area contributed by atoms with Crippen LogP contribution in [0.3, 0.4) is 0 Å². The van der Waals surface area contributed by atoms with Crippen molar-refractivity contribution in [1.29, 1.82) is 0 Å². The Balaban J connectivity index is 1.94. The molecule has 3 heterocycles. The SMILES string of the molecule is O=C(O)c1cc2nc(Nc3cccc(Cl)c3)c3cnccc3c2[nH]1. The number of H-pyrrole nitrogens is 1. The summed E-state index contributed by atoms with van der Waals surface area (Å²) >= 11 is 6.02. The Kier molecular flexibility index (Phi) is 3.32. The summed E-state index contributed by atoms with van der Waals surface area (Å²) < 4.78 is 0. The number of hydrogen-bond donors (Lipinski definition) is 3. The minimum absolute atomic E-state index is 0.0931. The zero-order chi connectivity index (χ0) is 16.7. The Morgan fingerprint density at radius 2 is 2.08 bits per heavy atom. The summed E-state index contributed by atoms with van der Waals surface area (Å²) in [6.07, 6.45) is 3.35. The molecule has 0 saturated heterocycles. The van der Waals surface area contributed by atoms with Crippen LogP contribution in [0.25, 0.3) is 21.8 Å². The van der Waals surface area contributed by atoms with E-state index in [4.69, 9.17) is 11.6 Å². The molecule has 6 nitrogen and oxygen atoms in total. The molecular weight excluding hydrogens is 328 g/mol. The number of benzene rings is 1. The van der Waals surface area contributed by atoms with Gasteiger partial charge >= 0.3 is 5.97 Å². The van der Waals surface area contributed by atoms with E-state index in [9.17, 15) is 9.90 Å². The van der Waals surface area contributed by atoms with Crippen LogP contribution >= 0.6 is 11.6 Å². The van der Waals surface area contributed by atoms with Crippen LogP contribution in [-0.2, 0) is 0 Å². The molecular formula is C17H11ClN4O2. The van der Waals surface area contributed by atoms with Gasteiger partial charge in [-0.3, -0.25) is 4.98 Å². The lowest BCUT2D eigenvalue weighted by Gasteiger charge is -2.10. The first kappa shape index (κ1) is 14.5. The van der Waals surface area contributed by atoms with E-state index in [0.29, 0.717) is 21.9 Å². The third-order valence-electron chi connectivity index (χ3n) is 3.69. The summed E-state index contributed by atoms with van der Waals surface area (Å²) in [7, 11) is 0. The van der Waals surface area contributed by atoms with Gasteiger partial charge in [0.05, 0.1) is 11.0 Å². The number of hydrogen-bond acceptors (Lipinski definition) is 4. The lowest BCUT2D eigenvalue weighted by Crippen LogP contribution is -1.96. The monoisotopic (exact) mass is 338 g/mol. The third kappa shape index (κ3) is 2.43. The van der Waals surface area contributed by atoms with Crippen LogP contribution in [0, 0.1) is 0 Å². The molecule has 0 spiro atoms. The number of carbonyl (C=O) groups is 1. The summed E-state index contributed by atoms with van der Waals surface area (Å²) in [5, 5.41) is 14.6. The van der Waals surface area contributed by atoms with E-state index >= 15 is 0 Å². The van der Waals surface area contributed by atoms with Crippen LogP contribution in [-0.4, -0.2) is 26.0 Å². The second-order valence-corrected chi connectivity index (χ2v) is 5.70. The molecule has 0 amide bonds. The van der Waals surface area contributed by atoms with E-state index in [1.165, 1.54) is 6.07 Å². The molecule has 3 N–H and O–H groups in total. The number of aromatic carboxylic acids is 1. The molecule has 7 heteroatoms. The number of anilines is 2. The van der Waals surface area contributed by atoms with Gasteiger partial charge in [0.2, 0.25) is 0 Å². The number of nitrogens with zero attached hydrogens (tertiary/aromatic N) is 2. The number of aromatic amines is 1. The molecule has 4 aromatic rings. The van der Waals surface area contributed by atoms with Crippen LogP contribution in [0.2, 0.25) is 5.02 Å². The highest BCUT2D eigenvalue weighted by Gasteiger charge is 2.14. The zero-order valence-electron chi connectivity index (χ0n) is 12.2. The van der Waals surface area contributed by atoms with Gasteiger partial charge in [-0.25, -0.2) is 9.78 Å². The average molecular weight is 339 g/mol. The minimum atomic E-state index is -1.03. The van der Waals surface area contributed by atoms with Crippen LogP contribution in [0.1, 0.15) is 10.5 Å². The topological polar surface area (TPSA) is 90.9 Å². The second kappa shape index (κ2) is 5.50. The highest BCUT2D eigenvalue weighted by molar-refractivity contribution is 6.30. The van der Waals surface area contributed by atoms with E-state index in [1.54, 1.807) is 24.5 Å². The van der Waals surface area contributed by atoms with Gasteiger partial charge in [-0.2, -0.15) is 0 Å². The number of aromatic nitrogens is 3. The summed E-state index contributed by atoms with van der Waals surface area (Å²) in [4.78, 5) is 22.8. The summed E-state index contributed by atoms with van der Waals surface area (Å²) in [5.41, 5.74) is 2.11. The molecule has 3 aromatic heterocycles. The number of carboxylic acid groups (broad SMARTS) is 1. The maximum atomic E-state index is 11.2. The lowest BCUT2D eigenvalue weighted by molar-refractivity contribution is 0.0691. The number of carboxylic acids is 1. The van der Waals surface area contributed by atoms with Crippen LogP contribution < -0.4 is 5.32 Å². The smallest absolute Gasteiger partial charge is 0.352 e. The lowest BCUT2D eigenvalue weighted by atomic mass is 10.2. The Morgan fingerprint density at radius 3 is 2.88 bits per heavy atom. The predicted octanol–water partition coefficient (Wildman–Crippen LogP) is 4.21. The molecule has 0 atom stereocenters. The number of nitrogens with one attached hydrogen (secondary N) is 2. The van der Waals surface area contributed by atoms with Crippen molar-refractivity contribution in [2.45, 2.75) is 0 Å². The van der Waals surface area contributed by atoms with Crippen molar-refractivity contribution < 1.29 is 9.90 Å². The number of rotatable bonds is 3. The van der Waals surface area contributed by atoms with Gasteiger partial charge in [-0.1, -0.05) is 17.7 Å². The molecule has 4 rings (SSSR count). The largest absolute Gasteiger partial charge is 0.477 e. The van der Waals surface area contributed by atoms with Gasteiger partial charge in [0.1, 0.15) is 11.5 Å². The van der Waals surface area contributed by atoms with Crippen molar-refractivity contribution in [3.05, 3.63) is 59.5 Å². The Labute approximate surface area is 141 Å². The Bertz CT molecular complexity index is 1090. The van der Waals surface area contributed by atoms with E-state index < -0.39 is 5.97 Å². The Morgan fingerprint density at radius 1 is 1.21 bits per heavy atom. The average Bonchev–Trinajstić information content (AvgIpc) is 3.00. The summed E-state index contributed by atoms with van der Waals surface area (Å²) in [6.45, 7) is 0. The summed E-state index contributed by atoms with van der Waals surface area (Å²) in [5.74, 6) is -0.441. The van der Waals surface area contributed by atoms with Crippen molar-refractivity contribution in [1.82, 2.24) is 15.0 Å². The van der Waals surface area contributed by atoms with E-state index in [1.807, 2.05) is 18.2 Å². The van der Waals surface area contributed by atoms with Crippen molar-refractivity contribution in [3.63, 3.8) is 0 Å². The van der Waals surface area contributed by atoms with Gasteiger partial charge in [-0.05, 0) is 30.3 Å². The van der Waals surface area contributed by atoms with Gasteiger partial charge in [-0.15, -0.1) is 0 Å². The molecule has 0 aliphatic rings. The normalized spacial score (nSPS) is 11.0. The van der Waals surface area contributed by atoms with Crippen LogP contribution in [0.5, 0.6) is 0 Å². The zero-order valence-corrected chi connectivity index (χ0v) is 13.0. The van der Waals surface area contributed by atoms with Crippen LogP contribution in [0.15, 0.2) is 48.8 Å². The highest BCUT2D eigenvalue weighted by Crippen LogP contribution is 2.31. The molecule has 0 aliphatic heterocycles. The van der Waals surface area contributed by atoms with Gasteiger partial charge < -0.3 is 15.4 Å². The van der Waals surface area contributed by atoms with Crippen molar-refractivity contribution >= 4 is 50.9 Å². The maximum Gasteiger partial charge on any atom is 0.352 e. The van der Waals surface area contributed by atoms with Crippen molar-refractivity contribution in [2.24, 2.45) is 0 Å². The van der Waals surface area contributed by atoms with Crippen LogP contribution in [0.4, 0.5) is 11.5 Å². The fourth-order valence-electron chi connectivity index (χ4n) is 2.63. The molecule has 0 aliphatic carbocycles. The summed E-state index contributed by atoms with van der Waals surface area (Å²) in [6, 6.07) is 10.6. The Hall–Kier alpha value is -3.12. The number of halogens is 1. The minimum Gasteiger partial charge on any atom is -0.477 e. The van der Waals surface area contributed by atoms with Gasteiger partial charge in [0.25, 0.3) is 0 Å². The predicted molar refractivity (Wildman–Crippen MR) is 93.1 cm³/mol. The standard InChI is InChI=1S/C17H11ClN4O2/c18-9-2-1-3-10(6-9)20-16-12-8-19-5-4-11(12)15-13(22-16)7-14(21-15)17(23)24/h1-8,21H,(H,20,22)(H,23,24). The van der Waals surface area contributed by atoms with Crippen molar-refractivity contribution in [3.8, 4) is 0 Å². The quantitative estimate of drug-likeness (QED) is 0.520. The molecule has 0 fully saturated rings. The number of pyridine rings is 2. The van der Waals surface area contributed by atoms with E-state index in [2.05, 4.69) is 20.3 Å². The molecule has 0 saturated carbocycles. The highest BCUT2D eigenvalue weighted by atomic mass is 35.5. The third-order valence-corrected chi connectivity index (χ3v) is 3.93. The molecule has 1 aromatic carbocycles. The molecule has 0 bridgehead atoms. The molecule has 118 valence electrons. The molecule has 24 heavy (non-hydrogen) atoms. The molecule has 0 radical (unpaired) electrons. The first-order valence-electron chi connectivity index (χ1n) is 7.14.